The van der Waals surface area contributed by atoms with E-state index in [2.05, 4.69) is 20.1 Å². The predicted molar refractivity (Wildman–Crippen MR) is 228 cm³/mol. The Labute approximate surface area is 324 Å². The summed E-state index contributed by atoms with van der Waals surface area (Å²) in [5.41, 5.74) is 7.72. The van der Waals surface area contributed by atoms with Crippen LogP contribution < -0.4 is 29.6 Å². The molecule has 0 saturated carbocycles. The SMILES string of the molecule is COc1cc(NS(C)(=O)=O)ccc1Nc1c2ccccc2nc2ccccc12.COc1cc(NS(C)(=O)=O)ccc1Nc1c2ccccc2nc2ccccc12. The van der Waals surface area contributed by atoms with Gasteiger partial charge in [-0.15, -0.1) is 0 Å². The fraction of sp³-hybridized carbons (Fsp3) is 0.0952. The normalized spacial score (nSPS) is 11.5. The highest BCUT2D eigenvalue weighted by Gasteiger charge is 2.15. The second-order valence-electron chi connectivity index (χ2n) is 12.9. The fourth-order valence-electron chi connectivity index (χ4n) is 6.36. The van der Waals surface area contributed by atoms with Crippen LogP contribution in [-0.2, 0) is 20.0 Å². The van der Waals surface area contributed by atoms with Crippen molar-refractivity contribution < 1.29 is 26.3 Å². The fourth-order valence-corrected chi connectivity index (χ4v) is 7.47. The largest absolute Gasteiger partial charge is 0.494 e. The number of nitrogens with zero attached hydrogens (tertiary/aromatic N) is 2. The quantitative estimate of drug-likeness (QED) is 0.0985. The molecular formula is C42H38N6O6S2. The minimum atomic E-state index is -3.37. The lowest BCUT2D eigenvalue weighted by Gasteiger charge is -2.16. The van der Waals surface area contributed by atoms with Crippen molar-refractivity contribution in [2.45, 2.75) is 0 Å². The number of pyridine rings is 2. The number of anilines is 6. The molecule has 2 aromatic heterocycles. The van der Waals surface area contributed by atoms with Gasteiger partial charge < -0.3 is 20.1 Å². The molecule has 8 aromatic rings. The highest BCUT2D eigenvalue weighted by Crippen LogP contribution is 2.39. The molecule has 0 spiro atoms. The standard InChI is InChI=1S/2C21H19N3O3S/c2*1-27-20-13-14(24-28(2,25)26)11-12-19(20)23-21-15-7-3-5-9-17(15)22-18-10-6-4-8-16(18)21/h2*3-13,24H,1-2H3,(H,22,23). The van der Waals surface area contributed by atoms with E-state index < -0.39 is 20.0 Å². The van der Waals surface area contributed by atoms with Gasteiger partial charge in [0.1, 0.15) is 11.5 Å². The third-order valence-electron chi connectivity index (χ3n) is 8.70. The zero-order chi connectivity index (χ0) is 39.5. The van der Waals surface area contributed by atoms with E-state index in [0.717, 1.165) is 78.9 Å². The van der Waals surface area contributed by atoms with Crippen LogP contribution in [0.15, 0.2) is 133 Å². The third-order valence-corrected chi connectivity index (χ3v) is 9.92. The number of methoxy groups -OCH3 is 2. The van der Waals surface area contributed by atoms with Gasteiger partial charge in [0.25, 0.3) is 0 Å². The Bertz CT molecular complexity index is 2670. The Kier molecular flexibility index (Phi) is 10.5. The van der Waals surface area contributed by atoms with Crippen molar-refractivity contribution in [3.05, 3.63) is 133 Å². The molecule has 2 heterocycles. The first kappa shape index (κ1) is 37.7. The molecule has 0 radical (unpaired) electrons. The summed E-state index contributed by atoms with van der Waals surface area (Å²) in [6.45, 7) is 0. The van der Waals surface area contributed by atoms with Crippen LogP contribution in [0.5, 0.6) is 11.5 Å². The van der Waals surface area contributed by atoms with E-state index in [-0.39, 0.29) is 0 Å². The second-order valence-corrected chi connectivity index (χ2v) is 16.4. The maximum atomic E-state index is 11.5. The molecule has 6 aromatic carbocycles. The van der Waals surface area contributed by atoms with Crippen LogP contribution in [-0.4, -0.2) is 53.5 Å². The first-order valence-corrected chi connectivity index (χ1v) is 21.1. The zero-order valence-electron chi connectivity index (χ0n) is 30.9. The van der Waals surface area contributed by atoms with E-state index in [1.54, 1.807) is 50.6 Å². The number of aromatic nitrogens is 2. The van der Waals surface area contributed by atoms with Crippen LogP contribution in [0.4, 0.5) is 34.1 Å². The molecular weight excluding hydrogens is 749 g/mol. The summed E-state index contributed by atoms with van der Waals surface area (Å²) in [5, 5.41) is 10.9. The number of hydrogen-bond acceptors (Lipinski definition) is 10. The van der Waals surface area contributed by atoms with Crippen molar-refractivity contribution >= 4 is 97.8 Å². The number of rotatable bonds is 10. The van der Waals surface area contributed by atoms with Gasteiger partial charge in [-0.3, -0.25) is 9.44 Å². The topological polar surface area (TPSA) is 161 Å². The van der Waals surface area contributed by atoms with E-state index in [0.29, 0.717) is 22.9 Å². The molecule has 0 amide bonds. The van der Waals surface area contributed by atoms with Gasteiger partial charge in [-0.05, 0) is 48.5 Å². The minimum absolute atomic E-state index is 0.439. The lowest BCUT2D eigenvalue weighted by Crippen LogP contribution is -2.09. The molecule has 0 unspecified atom stereocenters. The van der Waals surface area contributed by atoms with Crippen molar-refractivity contribution in [3.63, 3.8) is 0 Å². The summed E-state index contributed by atoms with van der Waals surface area (Å²) >= 11 is 0. The molecule has 0 saturated heterocycles. The van der Waals surface area contributed by atoms with E-state index in [1.165, 1.54) is 0 Å². The molecule has 0 bridgehead atoms. The molecule has 4 N–H and O–H groups in total. The summed E-state index contributed by atoms with van der Waals surface area (Å²) in [6, 6.07) is 41.9. The Morgan fingerprint density at radius 1 is 0.446 bits per heavy atom. The van der Waals surface area contributed by atoms with Gasteiger partial charge in [0.15, 0.2) is 0 Å². The molecule has 0 aliphatic carbocycles. The summed E-state index contributed by atoms with van der Waals surface area (Å²) in [4.78, 5) is 9.46. The number of ether oxygens (including phenoxy) is 2. The van der Waals surface area contributed by atoms with Crippen LogP contribution in [0.3, 0.4) is 0 Å². The number of nitrogens with one attached hydrogen (secondary N) is 4. The molecule has 0 atom stereocenters. The Hall–Kier alpha value is -6.64. The predicted octanol–water partition coefficient (Wildman–Crippen LogP) is 9.02. The second kappa shape index (κ2) is 15.6. The van der Waals surface area contributed by atoms with Crippen LogP contribution in [0.1, 0.15) is 0 Å². The number of benzene rings is 6. The van der Waals surface area contributed by atoms with Gasteiger partial charge >= 0.3 is 0 Å². The maximum absolute atomic E-state index is 11.5. The van der Waals surface area contributed by atoms with Crippen molar-refractivity contribution in [2.24, 2.45) is 0 Å². The molecule has 0 aliphatic rings. The van der Waals surface area contributed by atoms with Crippen LogP contribution in [0.25, 0.3) is 43.6 Å². The molecule has 14 heteroatoms. The van der Waals surface area contributed by atoms with E-state index in [4.69, 9.17) is 19.4 Å². The van der Waals surface area contributed by atoms with E-state index in [9.17, 15) is 16.8 Å². The first-order chi connectivity index (χ1) is 26.9. The number of sulfonamides is 2. The van der Waals surface area contributed by atoms with Gasteiger partial charge in [-0.25, -0.2) is 26.8 Å². The van der Waals surface area contributed by atoms with Crippen LogP contribution >= 0.6 is 0 Å². The lowest BCUT2D eigenvalue weighted by molar-refractivity contribution is 0.417. The lowest BCUT2D eigenvalue weighted by atomic mass is 10.1. The summed E-state index contributed by atoms with van der Waals surface area (Å²) in [5.74, 6) is 1.05. The number of hydrogen-bond donors (Lipinski definition) is 4. The van der Waals surface area contributed by atoms with Gasteiger partial charge in [0.05, 0.1) is 82.9 Å². The molecule has 56 heavy (non-hydrogen) atoms. The van der Waals surface area contributed by atoms with Crippen molar-refractivity contribution in [1.82, 2.24) is 9.97 Å². The smallest absolute Gasteiger partial charge is 0.229 e. The summed E-state index contributed by atoms with van der Waals surface area (Å²) < 4.78 is 61.9. The minimum Gasteiger partial charge on any atom is -0.494 e. The van der Waals surface area contributed by atoms with Gasteiger partial charge in [0.2, 0.25) is 20.0 Å². The third kappa shape index (κ3) is 8.51. The average molecular weight is 787 g/mol. The number of para-hydroxylation sites is 4. The first-order valence-electron chi connectivity index (χ1n) is 17.3. The van der Waals surface area contributed by atoms with Crippen molar-refractivity contribution in [3.8, 4) is 11.5 Å². The highest BCUT2D eigenvalue weighted by molar-refractivity contribution is 7.92. The molecule has 284 valence electrons. The number of fused-ring (bicyclic) bond motifs is 4. The average Bonchev–Trinajstić information content (AvgIpc) is 3.17. The maximum Gasteiger partial charge on any atom is 0.229 e. The Morgan fingerprint density at radius 2 is 0.750 bits per heavy atom. The van der Waals surface area contributed by atoms with Crippen LogP contribution in [0.2, 0.25) is 0 Å². The Morgan fingerprint density at radius 3 is 1.04 bits per heavy atom. The Balaban J connectivity index is 0.000000172. The molecule has 8 rings (SSSR count). The molecule has 0 aliphatic heterocycles. The van der Waals surface area contributed by atoms with E-state index in [1.807, 2.05) is 97.1 Å². The van der Waals surface area contributed by atoms with E-state index >= 15 is 0 Å². The zero-order valence-corrected chi connectivity index (χ0v) is 32.5. The summed E-state index contributed by atoms with van der Waals surface area (Å²) in [6.07, 6.45) is 2.22. The van der Waals surface area contributed by atoms with Gasteiger partial charge in [-0.2, -0.15) is 0 Å². The van der Waals surface area contributed by atoms with Gasteiger partial charge in [-0.1, -0.05) is 72.8 Å². The monoisotopic (exact) mass is 786 g/mol. The van der Waals surface area contributed by atoms with Crippen molar-refractivity contribution in [2.75, 3.05) is 46.8 Å². The van der Waals surface area contributed by atoms with Crippen LogP contribution in [0, 0.1) is 0 Å². The van der Waals surface area contributed by atoms with Gasteiger partial charge in [0, 0.05) is 33.7 Å². The summed E-state index contributed by atoms with van der Waals surface area (Å²) in [7, 11) is -3.63. The molecule has 0 fully saturated rings. The highest BCUT2D eigenvalue weighted by atomic mass is 32.2. The molecule has 12 nitrogen and oxygen atoms in total. The van der Waals surface area contributed by atoms with Crippen molar-refractivity contribution in [1.29, 1.82) is 0 Å².